The third-order valence-electron chi connectivity index (χ3n) is 4.58. The lowest BCUT2D eigenvalue weighted by Gasteiger charge is -2.35. The molecule has 0 spiro atoms. The van der Waals surface area contributed by atoms with Crippen molar-refractivity contribution in [3.05, 3.63) is 54.7 Å². The molecule has 7 nitrogen and oxygen atoms in total. The number of carbonyl (C=O) groups is 2. The third-order valence-corrected chi connectivity index (χ3v) is 4.58. The zero-order chi connectivity index (χ0) is 17.9. The molecule has 0 aliphatic carbocycles. The summed E-state index contributed by atoms with van der Waals surface area (Å²) in [6.45, 7) is 2.48. The largest absolute Gasteiger partial charge is 0.368 e. The third kappa shape index (κ3) is 3.23. The molecular formula is C19H19N5O2. The van der Waals surface area contributed by atoms with Crippen molar-refractivity contribution in [3.63, 3.8) is 0 Å². The second kappa shape index (κ2) is 6.87. The minimum absolute atomic E-state index is 0.498. The Morgan fingerprint density at radius 1 is 1.00 bits per heavy atom. The lowest BCUT2D eigenvalue weighted by Crippen LogP contribution is -2.51. The normalized spacial score (nSPS) is 14.5. The number of piperazine rings is 1. The van der Waals surface area contributed by atoms with Crippen LogP contribution in [0, 0.1) is 0 Å². The first-order valence-electron chi connectivity index (χ1n) is 8.54. The Labute approximate surface area is 150 Å². The number of nitrogens with zero attached hydrogens (tertiary/aromatic N) is 3. The predicted molar refractivity (Wildman–Crippen MR) is 100.0 cm³/mol. The molecular weight excluding hydrogens is 330 g/mol. The Balaban J connectivity index is 1.36. The van der Waals surface area contributed by atoms with Crippen LogP contribution >= 0.6 is 0 Å². The summed E-state index contributed by atoms with van der Waals surface area (Å²) < 4.78 is 0. The first-order chi connectivity index (χ1) is 12.7. The smallest absolute Gasteiger partial charge is 0.313 e. The quantitative estimate of drug-likeness (QED) is 0.692. The number of H-pyrrole nitrogens is 1. The van der Waals surface area contributed by atoms with Gasteiger partial charge in [0.1, 0.15) is 0 Å². The maximum absolute atomic E-state index is 12.4. The van der Waals surface area contributed by atoms with Crippen molar-refractivity contribution >= 4 is 34.1 Å². The van der Waals surface area contributed by atoms with Crippen molar-refractivity contribution in [3.8, 4) is 0 Å². The maximum Gasteiger partial charge on any atom is 0.313 e. The van der Waals surface area contributed by atoms with Crippen LogP contribution in [0.3, 0.4) is 0 Å². The Kier molecular flexibility index (Phi) is 4.27. The summed E-state index contributed by atoms with van der Waals surface area (Å²) in [5.41, 5.74) is 2.52. The minimum atomic E-state index is -0.614. The molecule has 7 heteroatoms. The number of aromatic nitrogens is 2. The lowest BCUT2D eigenvalue weighted by molar-refractivity contribution is -0.143. The van der Waals surface area contributed by atoms with Gasteiger partial charge in [-0.05, 0) is 30.3 Å². The Hall–Kier alpha value is -3.35. The molecule has 1 saturated heterocycles. The Bertz CT molecular complexity index is 929. The van der Waals surface area contributed by atoms with E-state index in [0.717, 1.165) is 16.6 Å². The number of para-hydroxylation sites is 1. The van der Waals surface area contributed by atoms with Crippen LogP contribution in [-0.2, 0) is 9.59 Å². The van der Waals surface area contributed by atoms with E-state index < -0.39 is 11.8 Å². The van der Waals surface area contributed by atoms with Gasteiger partial charge in [0, 0.05) is 42.9 Å². The number of hydrogen-bond donors (Lipinski definition) is 2. The van der Waals surface area contributed by atoms with Gasteiger partial charge in [-0.15, -0.1) is 0 Å². The summed E-state index contributed by atoms with van der Waals surface area (Å²) >= 11 is 0. The summed E-state index contributed by atoms with van der Waals surface area (Å²) in [6.07, 6.45) is 1.71. The number of benzene rings is 2. The molecule has 1 aromatic heterocycles. The zero-order valence-electron chi connectivity index (χ0n) is 14.2. The summed E-state index contributed by atoms with van der Waals surface area (Å²) in [6, 6.07) is 15.4. The molecule has 1 aliphatic rings. The molecule has 1 fully saturated rings. The molecule has 2 amide bonds. The standard InChI is InChI=1S/C19H19N5O2/c25-18(21-15-7-6-14-13-20-22-17(14)12-15)19(26)24-10-8-23(9-11-24)16-4-2-1-3-5-16/h1-7,12-13H,8-11H2,(H,20,22)(H,21,25). The van der Waals surface area contributed by atoms with Gasteiger partial charge >= 0.3 is 11.8 Å². The van der Waals surface area contributed by atoms with E-state index in [1.165, 1.54) is 0 Å². The van der Waals surface area contributed by atoms with E-state index in [2.05, 4.69) is 32.5 Å². The van der Waals surface area contributed by atoms with Gasteiger partial charge in [0.05, 0.1) is 11.7 Å². The average Bonchev–Trinajstić information content (AvgIpc) is 3.16. The van der Waals surface area contributed by atoms with Crippen molar-refractivity contribution in [1.29, 1.82) is 0 Å². The minimum Gasteiger partial charge on any atom is -0.368 e. The number of fused-ring (bicyclic) bond motifs is 1. The van der Waals surface area contributed by atoms with Crippen LogP contribution in [0.5, 0.6) is 0 Å². The van der Waals surface area contributed by atoms with E-state index >= 15 is 0 Å². The molecule has 2 aromatic carbocycles. The molecule has 0 saturated carbocycles. The van der Waals surface area contributed by atoms with Crippen LogP contribution in [0.1, 0.15) is 0 Å². The lowest BCUT2D eigenvalue weighted by atomic mass is 10.2. The van der Waals surface area contributed by atoms with Gasteiger partial charge < -0.3 is 15.1 Å². The maximum atomic E-state index is 12.4. The topological polar surface area (TPSA) is 81.3 Å². The molecule has 1 aliphatic heterocycles. The van der Waals surface area contributed by atoms with Crippen molar-refractivity contribution in [2.45, 2.75) is 0 Å². The monoisotopic (exact) mass is 349 g/mol. The van der Waals surface area contributed by atoms with Crippen LogP contribution in [0.4, 0.5) is 11.4 Å². The van der Waals surface area contributed by atoms with E-state index in [1.54, 1.807) is 23.2 Å². The van der Waals surface area contributed by atoms with Crippen LogP contribution in [0.2, 0.25) is 0 Å². The summed E-state index contributed by atoms with van der Waals surface area (Å²) in [4.78, 5) is 28.5. The van der Waals surface area contributed by atoms with Crippen molar-refractivity contribution in [2.75, 3.05) is 36.4 Å². The highest BCUT2D eigenvalue weighted by Gasteiger charge is 2.26. The van der Waals surface area contributed by atoms with Gasteiger partial charge in [0.25, 0.3) is 0 Å². The fourth-order valence-corrected chi connectivity index (χ4v) is 3.15. The molecule has 26 heavy (non-hydrogen) atoms. The van der Waals surface area contributed by atoms with Crippen molar-refractivity contribution in [2.24, 2.45) is 0 Å². The van der Waals surface area contributed by atoms with Crippen LogP contribution < -0.4 is 10.2 Å². The number of amides is 2. The Morgan fingerprint density at radius 2 is 1.77 bits per heavy atom. The summed E-state index contributed by atoms with van der Waals surface area (Å²) in [5, 5.41) is 10.4. The highest BCUT2D eigenvalue weighted by Crippen LogP contribution is 2.18. The van der Waals surface area contributed by atoms with E-state index in [4.69, 9.17) is 0 Å². The van der Waals surface area contributed by atoms with Crippen LogP contribution in [-0.4, -0.2) is 53.1 Å². The number of nitrogens with one attached hydrogen (secondary N) is 2. The fourth-order valence-electron chi connectivity index (χ4n) is 3.15. The number of rotatable bonds is 2. The predicted octanol–water partition coefficient (Wildman–Crippen LogP) is 1.85. The molecule has 4 rings (SSSR count). The first kappa shape index (κ1) is 16.1. The van der Waals surface area contributed by atoms with Crippen LogP contribution in [0.15, 0.2) is 54.7 Å². The number of aromatic amines is 1. The van der Waals surface area contributed by atoms with Gasteiger partial charge in [-0.1, -0.05) is 18.2 Å². The SMILES string of the molecule is O=C(Nc1ccc2cn[nH]c2c1)C(=O)N1CCN(c2ccccc2)CC1. The average molecular weight is 349 g/mol. The van der Waals surface area contributed by atoms with Gasteiger partial charge in [-0.2, -0.15) is 5.10 Å². The van der Waals surface area contributed by atoms with Gasteiger partial charge in [-0.25, -0.2) is 0 Å². The van der Waals surface area contributed by atoms with Gasteiger partial charge in [0.2, 0.25) is 0 Å². The Morgan fingerprint density at radius 3 is 2.54 bits per heavy atom. The molecule has 132 valence electrons. The van der Waals surface area contributed by atoms with Gasteiger partial charge in [-0.3, -0.25) is 14.7 Å². The summed E-state index contributed by atoms with van der Waals surface area (Å²) in [7, 11) is 0. The highest BCUT2D eigenvalue weighted by atomic mass is 16.2. The molecule has 0 atom stereocenters. The number of anilines is 2. The van der Waals surface area contributed by atoms with E-state index in [0.29, 0.717) is 31.9 Å². The van der Waals surface area contributed by atoms with E-state index in [9.17, 15) is 9.59 Å². The first-order valence-corrected chi connectivity index (χ1v) is 8.54. The van der Waals surface area contributed by atoms with Gasteiger partial charge in [0.15, 0.2) is 0 Å². The molecule has 2 N–H and O–H groups in total. The molecule has 0 bridgehead atoms. The summed E-state index contributed by atoms with van der Waals surface area (Å²) in [5.74, 6) is -1.11. The van der Waals surface area contributed by atoms with E-state index in [-0.39, 0.29) is 0 Å². The molecule has 2 heterocycles. The molecule has 0 unspecified atom stereocenters. The van der Waals surface area contributed by atoms with Crippen molar-refractivity contribution < 1.29 is 9.59 Å². The van der Waals surface area contributed by atoms with Crippen molar-refractivity contribution in [1.82, 2.24) is 15.1 Å². The molecule has 0 radical (unpaired) electrons. The second-order valence-corrected chi connectivity index (χ2v) is 6.24. The van der Waals surface area contributed by atoms with E-state index in [1.807, 2.05) is 24.3 Å². The fraction of sp³-hybridized carbons (Fsp3) is 0.211. The number of hydrogen-bond acceptors (Lipinski definition) is 4. The van der Waals surface area contributed by atoms with Crippen LogP contribution in [0.25, 0.3) is 10.9 Å². The number of carbonyl (C=O) groups excluding carboxylic acids is 2. The zero-order valence-corrected chi connectivity index (χ0v) is 14.2. The molecule has 3 aromatic rings. The second-order valence-electron chi connectivity index (χ2n) is 6.24. The highest BCUT2D eigenvalue weighted by molar-refractivity contribution is 6.39.